The van der Waals surface area contributed by atoms with Gasteiger partial charge in [0.05, 0.1) is 12.7 Å². The van der Waals surface area contributed by atoms with Crippen molar-refractivity contribution >= 4 is 31.9 Å². The molecule has 4 heteroatoms. The maximum absolute atomic E-state index is 8.97. The molecule has 0 aliphatic rings. The second-order valence-corrected chi connectivity index (χ2v) is 3.77. The van der Waals surface area contributed by atoms with Gasteiger partial charge in [0.2, 0.25) is 0 Å². The molecule has 2 atom stereocenters. The highest BCUT2D eigenvalue weighted by Crippen LogP contribution is 2.08. The van der Waals surface area contributed by atoms with Crippen molar-refractivity contribution in [3.63, 3.8) is 0 Å². The second kappa shape index (κ2) is 5.65. The normalized spacial score (nSPS) is 17.3. The zero-order valence-corrected chi connectivity index (χ0v) is 8.10. The second-order valence-electron chi connectivity index (χ2n) is 1.82. The number of aliphatic hydroxyl groups is 2. The van der Waals surface area contributed by atoms with Crippen LogP contribution in [0.2, 0.25) is 0 Å². The number of halogens is 2. The van der Waals surface area contributed by atoms with Crippen LogP contribution in [0.25, 0.3) is 0 Å². The fourth-order valence-corrected chi connectivity index (χ4v) is 1.13. The molecule has 0 amide bonds. The molecule has 0 fully saturated rings. The molecule has 0 aliphatic heterocycles. The molecule has 0 aliphatic carbocycles. The average Bonchev–Trinajstić information content (AvgIpc) is 1.87. The molecule has 0 aromatic heterocycles. The van der Waals surface area contributed by atoms with E-state index >= 15 is 0 Å². The largest absolute Gasteiger partial charge is 0.395 e. The van der Waals surface area contributed by atoms with Crippen molar-refractivity contribution < 1.29 is 10.2 Å². The Labute approximate surface area is 71.5 Å². The first kappa shape index (κ1) is 9.88. The molecular weight excluding hydrogens is 252 g/mol. The Morgan fingerprint density at radius 2 is 2.00 bits per heavy atom. The number of aliphatic hydroxyl groups excluding tert-OH is 2. The summed E-state index contributed by atoms with van der Waals surface area (Å²) in [5.41, 5.74) is 0. The van der Waals surface area contributed by atoms with E-state index in [9.17, 15) is 0 Å². The minimum absolute atomic E-state index is 0.0186. The highest BCUT2D eigenvalue weighted by atomic mass is 79.9. The van der Waals surface area contributed by atoms with Crippen molar-refractivity contribution in [3.05, 3.63) is 0 Å². The lowest BCUT2D eigenvalue weighted by molar-refractivity contribution is 0.176. The maximum atomic E-state index is 8.97. The van der Waals surface area contributed by atoms with E-state index in [0.717, 1.165) is 0 Å². The van der Waals surface area contributed by atoms with Crippen LogP contribution in [0.4, 0.5) is 0 Å². The van der Waals surface area contributed by atoms with E-state index in [0.29, 0.717) is 11.8 Å². The summed E-state index contributed by atoms with van der Waals surface area (Å²) in [5.74, 6) is 0. The third-order valence-corrected chi connectivity index (χ3v) is 2.31. The van der Waals surface area contributed by atoms with Crippen LogP contribution in [0, 0.1) is 0 Å². The molecule has 0 aromatic rings. The Morgan fingerprint density at radius 1 is 1.44 bits per heavy atom. The fourth-order valence-electron chi connectivity index (χ4n) is 0.433. The van der Waals surface area contributed by atoms with E-state index in [1.54, 1.807) is 0 Å². The van der Waals surface area contributed by atoms with E-state index < -0.39 is 0 Å². The van der Waals surface area contributed by atoms with Crippen LogP contribution in [0.3, 0.4) is 0 Å². The summed E-state index contributed by atoms with van der Waals surface area (Å²) in [6.07, 6.45) is 0.225. The predicted molar refractivity (Wildman–Crippen MR) is 44.2 cm³/mol. The Balaban J connectivity index is 3.22. The number of hydrogen-bond donors (Lipinski definition) is 2. The zero-order chi connectivity index (χ0) is 7.28. The minimum atomic E-state index is -0.360. The van der Waals surface area contributed by atoms with E-state index in [2.05, 4.69) is 31.9 Å². The number of rotatable bonds is 4. The van der Waals surface area contributed by atoms with Gasteiger partial charge in [-0.3, -0.25) is 0 Å². The van der Waals surface area contributed by atoms with E-state index in [1.807, 2.05) is 0 Å². The van der Waals surface area contributed by atoms with Gasteiger partial charge in [0.25, 0.3) is 0 Å². The smallest absolute Gasteiger partial charge is 0.0648 e. The first-order valence-corrected chi connectivity index (χ1v) is 4.73. The van der Waals surface area contributed by atoms with Crippen molar-refractivity contribution in [1.82, 2.24) is 0 Å². The number of alkyl halides is 2. The fraction of sp³-hybridized carbons (Fsp3) is 1.00. The van der Waals surface area contributed by atoms with E-state index in [4.69, 9.17) is 10.2 Å². The lowest BCUT2D eigenvalue weighted by Gasteiger charge is -2.09. The van der Waals surface area contributed by atoms with Crippen LogP contribution in [-0.2, 0) is 0 Å². The average molecular weight is 262 g/mol. The standard InChI is InChI=1S/C5H10Br2O2/c6-2-5(9)1-4(7)3-8/h4-5,8-9H,1-3H2. The van der Waals surface area contributed by atoms with Crippen LogP contribution in [0.1, 0.15) is 6.42 Å². The molecule has 2 nitrogen and oxygen atoms in total. The molecule has 0 spiro atoms. The van der Waals surface area contributed by atoms with Crippen molar-refractivity contribution in [1.29, 1.82) is 0 Å². The van der Waals surface area contributed by atoms with Gasteiger partial charge in [-0.1, -0.05) is 31.9 Å². The molecule has 0 heterocycles. The van der Waals surface area contributed by atoms with Crippen molar-refractivity contribution in [3.8, 4) is 0 Å². The molecule has 0 rings (SSSR count). The van der Waals surface area contributed by atoms with Gasteiger partial charge in [0.15, 0.2) is 0 Å². The summed E-state index contributed by atoms with van der Waals surface area (Å²) in [6.45, 7) is 0.0735. The van der Waals surface area contributed by atoms with Crippen LogP contribution in [0.15, 0.2) is 0 Å². The summed E-state index contributed by atoms with van der Waals surface area (Å²) in [7, 11) is 0. The lowest BCUT2D eigenvalue weighted by Crippen LogP contribution is -2.16. The van der Waals surface area contributed by atoms with Gasteiger partial charge < -0.3 is 10.2 Å². The molecule has 0 saturated carbocycles. The first-order chi connectivity index (χ1) is 4.20. The quantitative estimate of drug-likeness (QED) is 0.738. The lowest BCUT2D eigenvalue weighted by atomic mass is 10.2. The third kappa shape index (κ3) is 5.33. The first-order valence-electron chi connectivity index (χ1n) is 2.69. The Hall–Kier alpha value is 0.880. The van der Waals surface area contributed by atoms with Crippen molar-refractivity contribution in [2.45, 2.75) is 17.4 Å². The zero-order valence-electron chi connectivity index (χ0n) is 4.93. The molecule has 0 saturated heterocycles. The van der Waals surface area contributed by atoms with Gasteiger partial charge in [-0.25, -0.2) is 0 Å². The van der Waals surface area contributed by atoms with Crippen molar-refractivity contribution in [2.24, 2.45) is 0 Å². The molecule has 0 aromatic carbocycles. The Bertz CT molecular complexity index is 62.0. The van der Waals surface area contributed by atoms with Gasteiger partial charge in [-0.15, -0.1) is 0 Å². The van der Waals surface area contributed by atoms with Crippen LogP contribution < -0.4 is 0 Å². The summed E-state index contributed by atoms with van der Waals surface area (Å²) >= 11 is 6.31. The molecular formula is C5H10Br2O2. The summed E-state index contributed by atoms with van der Waals surface area (Å²) < 4.78 is 0. The van der Waals surface area contributed by atoms with Gasteiger partial charge in [-0.2, -0.15) is 0 Å². The Kier molecular flexibility index (Phi) is 6.20. The van der Waals surface area contributed by atoms with Gasteiger partial charge in [0.1, 0.15) is 0 Å². The molecule has 0 radical (unpaired) electrons. The molecule has 56 valence electrons. The molecule has 2 N–H and O–H groups in total. The summed E-state index contributed by atoms with van der Waals surface area (Å²) in [4.78, 5) is 0.0186. The SMILES string of the molecule is OCC(Br)CC(O)CBr. The monoisotopic (exact) mass is 260 g/mol. The van der Waals surface area contributed by atoms with Crippen molar-refractivity contribution in [2.75, 3.05) is 11.9 Å². The van der Waals surface area contributed by atoms with Crippen LogP contribution >= 0.6 is 31.9 Å². The van der Waals surface area contributed by atoms with Crippen LogP contribution in [0.5, 0.6) is 0 Å². The van der Waals surface area contributed by atoms with Gasteiger partial charge >= 0.3 is 0 Å². The molecule has 0 bridgehead atoms. The number of hydrogen-bond acceptors (Lipinski definition) is 2. The van der Waals surface area contributed by atoms with Crippen LogP contribution in [-0.4, -0.2) is 33.1 Å². The van der Waals surface area contributed by atoms with Gasteiger partial charge in [-0.05, 0) is 6.42 Å². The topological polar surface area (TPSA) is 40.5 Å². The third-order valence-electron chi connectivity index (χ3n) is 0.904. The molecule has 9 heavy (non-hydrogen) atoms. The summed E-state index contributed by atoms with van der Waals surface area (Å²) in [6, 6.07) is 0. The van der Waals surface area contributed by atoms with Gasteiger partial charge in [0, 0.05) is 10.2 Å². The highest BCUT2D eigenvalue weighted by molar-refractivity contribution is 9.09. The van der Waals surface area contributed by atoms with E-state index in [-0.39, 0.29) is 17.5 Å². The predicted octanol–water partition coefficient (Wildman–Crippen LogP) is 0.888. The highest BCUT2D eigenvalue weighted by Gasteiger charge is 2.08. The maximum Gasteiger partial charge on any atom is 0.0648 e. The molecule has 2 unspecified atom stereocenters. The summed E-state index contributed by atoms with van der Waals surface area (Å²) in [5, 5.41) is 18.0. The van der Waals surface area contributed by atoms with E-state index in [1.165, 1.54) is 0 Å². The Morgan fingerprint density at radius 3 is 2.33 bits per heavy atom. The minimum Gasteiger partial charge on any atom is -0.395 e.